The summed E-state index contributed by atoms with van der Waals surface area (Å²) >= 11 is 6.23. The van der Waals surface area contributed by atoms with E-state index in [9.17, 15) is 0 Å². The minimum Gasteiger partial charge on any atom is -0.356 e. The molecule has 0 spiro atoms. The summed E-state index contributed by atoms with van der Waals surface area (Å²) in [7, 11) is 3.83. The molecule has 0 aliphatic rings. The molecule has 2 rings (SSSR count). The fourth-order valence-corrected chi connectivity index (χ4v) is 2.78. The first-order chi connectivity index (χ1) is 11.6. The summed E-state index contributed by atoms with van der Waals surface area (Å²) in [5.41, 5.74) is 1.10. The Morgan fingerprint density at radius 3 is 2.72 bits per heavy atom. The van der Waals surface area contributed by atoms with E-state index in [-0.39, 0.29) is 24.0 Å². The van der Waals surface area contributed by atoms with Gasteiger partial charge in [0.25, 0.3) is 0 Å². The third-order valence-corrected chi connectivity index (χ3v) is 4.34. The van der Waals surface area contributed by atoms with Gasteiger partial charge in [0.05, 0.1) is 0 Å². The third kappa shape index (κ3) is 6.86. The molecule has 2 aromatic rings. The van der Waals surface area contributed by atoms with Crippen LogP contribution in [0.2, 0.25) is 5.02 Å². The average Bonchev–Trinajstić information content (AvgIpc) is 2.98. The number of nitrogens with zero attached hydrogens (tertiary/aromatic N) is 4. The Hall–Kier alpha value is -1.28. The quantitative estimate of drug-likeness (QED) is 0.285. The summed E-state index contributed by atoms with van der Waals surface area (Å²) in [5, 5.41) is 4.20. The highest BCUT2D eigenvalue weighted by Gasteiger charge is 2.08. The second-order valence-corrected chi connectivity index (χ2v) is 6.20. The van der Waals surface area contributed by atoms with Crippen molar-refractivity contribution in [2.75, 3.05) is 20.6 Å². The molecule has 5 nitrogen and oxygen atoms in total. The molecule has 0 bridgehead atoms. The zero-order valence-corrected chi connectivity index (χ0v) is 18.2. The van der Waals surface area contributed by atoms with Crippen LogP contribution in [-0.4, -0.2) is 41.1 Å². The molecule has 0 saturated carbocycles. The van der Waals surface area contributed by atoms with Crippen molar-refractivity contribution < 1.29 is 0 Å². The number of aromatic nitrogens is 2. The van der Waals surface area contributed by atoms with Gasteiger partial charge in [-0.15, -0.1) is 24.0 Å². The number of unbranched alkanes of at least 4 members (excludes halogenated alkanes) is 1. The molecule has 1 N–H and O–H groups in total. The van der Waals surface area contributed by atoms with E-state index < -0.39 is 0 Å². The Kier molecular flexibility index (Phi) is 9.89. The number of benzene rings is 1. The van der Waals surface area contributed by atoms with Crippen LogP contribution in [0.5, 0.6) is 0 Å². The van der Waals surface area contributed by atoms with E-state index in [0.717, 1.165) is 54.8 Å². The molecular formula is C18H27ClIN5. The van der Waals surface area contributed by atoms with Crippen LogP contribution >= 0.6 is 35.6 Å². The summed E-state index contributed by atoms with van der Waals surface area (Å²) in [6, 6.07) is 7.91. The van der Waals surface area contributed by atoms with Crippen LogP contribution in [0.3, 0.4) is 0 Å². The number of hydrogen-bond acceptors (Lipinski definition) is 2. The van der Waals surface area contributed by atoms with E-state index in [2.05, 4.69) is 24.8 Å². The number of halogens is 2. The van der Waals surface area contributed by atoms with Crippen molar-refractivity contribution in [2.24, 2.45) is 4.99 Å². The maximum atomic E-state index is 6.23. The number of aryl methyl sites for hydroxylation is 2. The summed E-state index contributed by atoms with van der Waals surface area (Å²) < 4.78 is 2.18. The molecule has 1 aromatic carbocycles. The maximum absolute atomic E-state index is 6.23. The molecule has 0 unspecified atom stereocenters. The first kappa shape index (κ1) is 21.8. The second-order valence-electron chi connectivity index (χ2n) is 5.80. The lowest BCUT2D eigenvalue weighted by Crippen LogP contribution is -2.39. The smallest absolute Gasteiger partial charge is 0.193 e. The monoisotopic (exact) mass is 475 g/mol. The highest BCUT2D eigenvalue weighted by Crippen LogP contribution is 2.16. The van der Waals surface area contributed by atoms with Crippen molar-refractivity contribution in [3.8, 4) is 0 Å². The third-order valence-electron chi connectivity index (χ3n) is 3.97. The van der Waals surface area contributed by atoms with Crippen molar-refractivity contribution >= 4 is 41.5 Å². The predicted octanol–water partition coefficient (Wildman–Crippen LogP) is 3.95. The molecule has 0 fully saturated rings. The van der Waals surface area contributed by atoms with Gasteiger partial charge in [-0.3, -0.25) is 4.99 Å². The lowest BCUT2D eigenvalue weighted by Gasteiger charge is -2.22. The number of aliphatic imine (C=N–C) groups is 1. The van der Waals surface area contributed by atoms with E-state index in [1.807, 2.05) is 50.6 Å². The standard InChI is InChI=1S/C18H26ClN5.HI/c1-15-21-11-13-24(15)12-7-6-10-22-18(20-2)23(3)14-16-8-4-5-9-17(16)19;/h4-5,8-9,11,13H,6-7,10,12,14H2,1-3H3,(H,20,22);1H. The van der Waals surface area contributed by atoms with Crippen molar-refractivity contribution in [3.05, 3.63) is 53.1 Å². The lowest BCUT2D eigenvalue weighted by molar-refractivity contribution is 0.473. The van der Waals surface area contributed by atoms with E-state index >= 15 is 0 Å². The number of nitrogens with one attached hydrogen (secondary N) is 1. The zero-order chi connectivity index (χ0) is 17.4. The molecule has 138 valence electrons. The number of guanidine groups is 1. The van der Waals surface area contributed by atoms with Crippen molar-refractivity contribution in [3.63, 3.8) is 0 Å². The van der Waals surface area contributed by atoms with E-state index in [1.54, 1.807) is 7.05 Å². The van der Waals surface area contributed by atoms with Crippen LogP contribution in [0.4, 0.5) is 0 Å². The van der Waals surface area contributed by atoms with Crippen LogP contribution in [-0.2, 0) is 13.1 Å². The summed E-state index contributed by atoms with van der Waals surface area (Å²) in [6.07, 6.45) is 6.06. The Labute approximate surface area is 172 Å². The Bertz CT molecular complexity index is 671. The Balaban J connectivity index is 0.00000312. The molecular weight excluding hydrogens is 449 g/mol. The maximum Gasteiger partial charge on any atom is 0.193 e. The van der Waals surface area contributed by atoms with Gasteiger partial charge in [0.15, 0.2) is 5.96 Å². The molecule has 1 aromatic heterocycles. The molecule has 0 atom stereocenters. The zero-order valence-electron chi connectivity index (χ0n) is 15.1. The topological polar surface area (TPSA) is 45.5 Å². The Morgan fingerprint density at radius 1 is 1.32 bits per heavy atom. The number of hydrogen-bond donors (Lipinski definition) is 1. The predicted molar refractivity (Wildman–Crippen MR) is 116 cm³/mol. The average molecular weight is 476 g/mol. The SMILES string of the molecule is CN=C(NCCCCn1ccnc1C)N(C)Cc1ccccc1Cl.I. The van der Waals surface area contributed by atoms with Gasteiger partial charge in [-0.05, 0) is 31.4 Å². The highest BCUT2D eigenvalue weighted by molar-refractivity contribution is 14.0. The van der Waals surface area contributed by atoms with Crippen molar-refractivity contribution in [1.29, 1.82) is 0 Å². The van der Waals surface area contributed by atoms with Crippen molar-refractivity contribution in [2.45, 2.75) is 32.9 Å². The van der Waals surface area contributed by atoms with Gasteiger partial charge in [0, 0.05) is 51.1 Å². The number of imidazole rings is 1. The minimum atomic E-state index is 0. The molecule has 0 aliphatic carbocycles. The van der Waals surface area contributed by atoms with Gasteiger partial charge >= 0.3 is 0 Å². The summed E-state index contributed by atoms with van der Waals surface area (Å²) in [5.74, 6) is 1.95. The van der Waals surface area contributed by atoms with Crippen LogP contribution in [0.15, 0.2) is 41.7 Å². The summed E-state index contributed by atoms with van der Waals surface area (Å²) in [6.45, 7) is 4.66. The van der Waals surface area contributed by atoms with Crippen LogP contribution in [0.25, 0.3) is 0 Å². The fourth-order valence-electron chi connectivity index (χ4n) is 2.59. The summed E-state index contributed by atoms with van der Waals surface area (Å²) in [4.78, 5) is 10.7. The van der Waals surface area contributed by atoms with Gasteiger partial charge in [-0.25, -0.2) is 4.98 Å². The lowest BCUT2D eigenvalue weighted by atomic mass is 10.2. The molecule has 0 amide bonds. The van der Waals surface area contributed by atoms with Gasteiger partial charge in [-0.2, -0.15) is 0 Å². The van der Waals surface area contributed by atoms with E-state index in [4.69, 9.17) is 11.6 Å². The van der Waals surface area contributed by atoms with Crippen LogP contribution < -0.4 is 5.32 Å². The molecule has 7 heteroatoms. The largest absolute Gasteiger partial charge is 0.356 e. The van der Waals surface area contributed by atoms with Crippen LogP contribution in [0.1, 0.15) is 24.2 Å². The second kappa shape index (κ2) is 11.4. The molecule has 25 heavy (non-hydrogen) atoms. The first-order valence-corrected chi connectivity index (χ1v) is 8.62. The Morgan fingerprint density at radius 2 is 2.08 bits per heavy atom. The molecule has 0 saturated heterocycles. The van der Waals surface area contributed by atoms with Crippen molar-refractivity contribution in [1.82, 2.24) is 19.8 Å². The van der Waals surface area contributed by atoms with Gasteiger partial charge in [0.2, 0.25) is 0 Å². The fraction of sp³-hybridized carbons (Fsp3) is 0.444. The molecule has 0 radical (unpaired) electrons. The van der Waals surface area contributed by atoms with Crippen LogP contribution in [0, 0.1) is 6.92 Å². The number of rotatable bonds is 7. The first-order valence-electron chi connectivity index (χ1n) is 8.24. The highest BCUT2D eigenvalue weighted by atomic mass is 127. The van der Waals surface area contributed by atoms with E-state index in [1.165, 1.54) is 0 Å². The van der Waals surface area contributed by atoms with Gasteiger partial charge in [0.1, 0.15) is 5.82 Å². The van der Waals surface area contributed by atoms with Gasteiger partial charge in [-0.1, -0.05) is 29.8 Å². The molecule has 0 aliphatic heterocycles. The normalized spacial score (nSPS) is 11.1. The van der Waals surface area contributed by atoms with Gasteiger partial charge < -0.3 is 14.8 Å². The molecule has 1 heterocycles. The van der Waals surface area contributed by atoms with E-state index in [0.29, 0.717) is 0 Å². The minimum absolute atomic E-state index is 0.